The molecule has 3 aromatic carbocycles. The Kier molecular flexibility index (Phi) is 7.19. The van der Waals surface area contributed by atoms with Crippen LogP contribution < -0.4 is 4.74 Å². The van der Waals surface area contributed by atoms with Crippen molar-refractivity contribution in [2.75, 3.05) is 0 Å². The van der Waals surface area contributed by atoms with Gasteiger partial charge in [-0.3, -0.25) is 30.3 Å². The van der Waals surface area contributed by atoms with Crippen molar-refractivity contribution in [1.82, 2.24) is 0 Å². The van der Waals surface area contributed by atoms with Gasteiger partial charge in [0.15, 0.2) is 0 Å². The maximum atomic E-state index is 12.1. The van der Waals surface area contributed by atoms with Crippen LogP contribution >= 0.6 is 0 Å². The molecule has 0 amide bonds. The molecule has 0 fully saturated rings. The summed E-state index contributed by atoms with van der Waals surface area (Å²) in [6, 6.07) is 16.3. The summed E-state index contributed by atoms with van der Waals surface area (Å²) in [6.45, 7) is 0. The van der Waals surface area contributed by atoms with E-state index in [4.69, 9.17) is 4.74 Å². The Bertz CT molecular complexity index is 1270. The lowest BCUT2D eigenvalue weighted by atomic mass is 9.96. The fourth-order valence-corrected chi connectivity index (χ4v) is 2.94. The van der Waals surface area contributed by atoms with E-state index < -0.39 is 20.7 Å². The Morgan fingerprint density at radius 1 is 0.706 bits per heavy atom. The number of nitrogens with zero attached hydrogens (tertiary/aromatic N) is 3. The predicted molar refractivity (Wildman–Crippen MR) is 121 cm³/mol. The van der Waals surface area contributed by atoms with Gasteiger partial charge in [-0.15, -0.1) is 0 Å². The fraction of sp³-hybridized carbons (Fsp3) is 0. The van der Waals surface area contributed by atoms with Crippen LogP contribution in [0.3, 0.4) is 0 Å². The summed E-state index contributed by atoms with van der Waals surface area (Å²) in [5.41, 5.74) is 0.709. The monoisotopic (exact) mass is 461 g/mol. The quantitative estimate of drug-likeness (QED) is 0.113. The number of allylic oxidation sites excluding steroid dienone is 2. The van der Waals surface area contributed by atoms with E-state index in [2.05, 4.69) is 0 Å². The van der Waals surface area contributed by atoms with E-state index in [1.54, 1.807) is 12.1 Å². The number of ether oxygens (including phenoxy) is 1. The zero-order valence-electron chi connectivity index (χ0n) is 17.3. The fourth-order valence-electron chi connectivity index (χ4n) is 2.94. The minimum Gasteiger partial charge on any atom is -0.423 e. The average Bonchev–Trinajstić information content (AvgIpc) is 2.82. The molecule has 0 radical (unpaired) electrons. The summed E-state index contributed by atoms with van der Waals surface area (Å²) >= 11 is 0. The predicted octanol–water partition coefficient (Wildman–Crippen LogP) is 5.00. The smallest absolute Gasteiger partial charge is 0.336 e. The van der Waals surface area contributed by atoms with Crippen molar-refractivity contribution < 1.29 is 24.3 Å². The Morgan fingerprint density at radius 3 is 1.68 bits per heavy atom. The summed E-state index contributed by atoms with van der Waals surface area (Å²) < 4.78 is 5.09. The van der Waals surface area contributed by atoms with Gasteiger partial charge in [0.25, 0.3) is 17.1 Å². The SMILES string of the molecule is O=C(/C=C/C=C(c1cccc([N+](=O)[O-])c1)c1cccc([N+](=O)[O-])c1)Oc1ccc([N+](=O)[O-])cc1. The molecule has 0 N–H and O–H groups in total. The molecule has 0 atom stereocenters. The van der Waals surface area contributed by atoms with Crippen molar-refractivity contribution in [3.63, 3.8) is 0 Å². The first kappa shape index (κ1) is 23.5. The van der Waals surface area contributed by atoms with Crippen LogP contribution in [0.15, 0.2) is 91.0 Å². The normalized spacial score (nSPS) is 10.5. The standard InChI is InChI=1S/C23H15N3O8/c27-23(34-21-12-10-18(11-13-21)24(28)29)9-3-8-22(16-4-1-6-19(14-16)25(30)31)17-5-2-7-20(15-17)26(32)33/h1-15H/b9-3+. The number of nitro benzene ring substituents is 3. The molecule has 0 bridgehead atoms. The summed E-state index contributed by atoms with van der Waals surface area (Å²) in [7, 11) is 0. The highest BCUT2D eigenvalue weighted by Crippen LogP contribution is 2.28. The minimum absolute atomic E-state index is 0.0989. The molecule has 0 spiro atoms. The number of benzene rings is 3. The molecule has 34 heavy (non-hydrogen) atoms. The first-order valence-corrected chi connectivity index (χ1v) is 9.59. The third-order valence-corrected chi connectivity index (χ3v) is 4.50. The third kappa shape index (κ3) is 5.95. The van der Waals surface area contributed by atoms with Crippen LogP contribution in [0.4, 0.5) is 17.1 Å². The molecule has 0 saturated carbocycles. The molecule has 0 aliphatic heterocycles. The molecular formula is C23H15N3O8. The van der Waals surface area contributed by atoms with E-state index in [0.29, 0.717) is 16.7 Å². The van der Waals surface area contributed by atoms with Crippen molar-refractivity contribution in [3.05, 3.63) is 132 Å². The van der Waals surface area contributed by atoms with Gasteiger partial charge < -0.3 is 4.74 Å². The summed E-state index contributed by atoms with van der Waals surface area (Å²) in [5, 5.41) is 33.0. The van der Waals surface area contributed by atoms with Gasteiger partial charge in [0, 0.05) is 42.5 Å². The lowest BCUT2D eigenvalue weighted by Crippen LogP contribution is -2.03. The Morgan fingerprint density at radius 2 is 1.21 bits per heavy atom. The molecule has 0 heterocycles. The number of hydrogen-bond acceptors (Lipinski definition) is 8. The van der Waals surface area contributed by atoms with Gasteiger partial charge in [-0.2, -0.15) is 0 Å². The molecular weight excluding hydrogens is 446 g/mol. The number of rotatable bonds is 8. The van der Waals surface area contributed by atoms with Gasteiger partial charge in [0.1, 0.15) is 5.75 Å². The van der Waals surface area contributed by atoms with Crippen LogP contribution in [-0.4, -0.2) is 20.7 Å². The van der Waals surface area contributed by atoms with Gasteiger partial charge in [0.05, 0.1) is 14.8 Å². The highest BCUT2D eigenvalue weighted by atomic mass is 16.6. The Hall–Kier alpha value is -5.19. The van der Waals surface area contributed by atoms with E-state index in [0.717, 1.165) is 6.08 Å². The molecule has 3 rings (SSSR count). The first-order valence-electron chi connectivity index (χ1n) is 9.59. The number of esters is 1. The molecule has 0 saturated heterocycles. The van der Waals surface area contributed by atoms with Crippen LogP contribution in [0, 0.1) is 30.3 Å². The van der Waals surface area contributed by atoms with Crippen LogP contribution in [0.2, 0.25) is 0 Å². The second-order valence-corrected chi connectivity index (χ2v) is 6.73. The number of hydrogen-bond donors (Lipinski definition) is 0. The minimum atomic E-state index is -0.775. The van der Waals surface area contributed by atoms with E-state index in [1.165, 1.54) is 72.8 Å². The molecule has 11 nitrogen and oxygen atoms in total. The number of carbonyl (C=O) groups excluding carboxylic acids is 1. The van der Waals surface area contributed by atoms with Gasteiger partial charge in [-0.25, -0.2) is 4.79 Å². The van der Waals surface area contributed by atoms with Gasteiger partial charge in [-0.1, -0.05) is 36.4 Å². The van der Waals surface area contributed by atoms with Crippen molar-refractivity contribution in [3.8, 4) is 5.75 Å². The zero-order chi connectivity index (χ0) is 24.7. The highest BCUT2D eigenvalue weighted by molar-refractivity contribution is 5.87. The second-order valence-electron chi connectivity index (χ2n) is 6.73. The van der Waals surface area contributed by atoms with E-state index in [9.17, 15) is 35.1 Å². The lowest BCUT2D eigenvalue weighted by molar-refractivity contribution is -0.385. The van der Waals surface area contributed by atoms with Gasteiger partial charge in [-0.05, 0) is 28.8 Å². The van der Waals surface area contributed by atoms with Crippen molar-refractivity contribution in [2.45, 2.75) is 0 Å². The van der Waals surface area contributed by atoms with Crippen LogP contribution in [-0.2, 0) is 4.79 Å². The number of carbonyl (C=O) groups is 1. The summed E-state index contributed by atoms with van der Waals surface area (Å²) in [6.07, 6.45) is 3.88. The van der Waals surface area contributed by atoms with Gasteiger partial charge >= 0.3 is 5.97 Å². The maximum absolute atomic E-state index is 12.1. The first-order chi connectivity index (χ1) is 16.2. The van der Waals surface area contributed by atoms with Crippen molar-refractivity contribution in [2.24, 2.45) is 0 Å². The van der Waals surface area contributed by atoms with Crippen LogP contribution in [0.1, 0.15) is 11.1 Å². The number of nitro groups is 3. The summed E-state index contributed by atoms with van der Waals surface area (Å²) in [5.74, 6) is -0.677. The van der Waals surface area contributed by atoms with Crippen molar-refractivity contribution in [1.29, 1.82) is 0 Å². The lowest BCUT2D eigenvalue weighted by Gasteiger charge is -2.08. The van der Waals surface area contributed by atoms with Gasteiger partial charge in [0.2, 0.25) is 0 Å². The van der Waals surface area contributed by atoms with E-state index in [1.807, 2.05) is 0 Å². The second kappa shape index (κ2) is 10.4. The average molecular weight is 461 g/mol. The molecule has 11 heteroatoms. The third-order valence-electron chi connectivity index (χ3n) is 4.50. The molecule has 3 aromatic rings. The molecule has 0 aliphatic carbocycles. The number of non-ortho nitro benzene ring substituents is 3. The van der Waals surface area contributed by atoms with Crippen LogP contribution in [0.5, 0.6) is 5.75 Å². The topological polar surface area (TPSA) is 156 Å². The largest absolute Gasteiger partial charge is 0.423 e. The van der Waals surface area contributed by atoms with Crippen LogP contribution in [0.25, 0.3) is 5.57 Å². The molecule has 0 aliphatic rings. The molecule has 170 valence electrons. The highest BCUT2D eigenvalue weighted by Gasteiger charge is 2.13. The maximum Gasteiger partial charge on any atom is 0.336 e. The van der Waals surface area contributed by atoms with Crippen molar-refractivity contribution >= 4 is 28.6 Å². The van der Waals surface area contributed by atoms with E-state index >= 15 is 0 Å². The summed E-state index contributed by atoms with van der Waals surface area (Å²) in [4.78, 5) is 43.5. The Balaban J connectivity index is 1.91. The Labute approximate surface area is 191 Å². The molecule has 0 unspecified atom stereocenters. The zero-order valence-corrected chi connectivity index (χ0v) is 17.3. The molecule has 0 aromatic heterocycles. The van der Waals surface area contributed by atoms with E-state index in [-0.39, 0.29) is 22.8 Å².